The van der Waals surface area contributed by atoms with E-state index in [4.69, 9.17) is 0 Å². The molecule has 1 aromatic rings. The van der Waals surface area contributed by atoms with Crippen molar-refractivity contribution >= 4 is 0 Å². The molecule has 0 unspecified atom stereocenters. The highest BCUT2D eigenvalue weighted by Gasteiger charge is 2.23. The summed E-state index contributed by atoms with van der Waals surface area (Å²) >= 11 is 0. The van der Waals surface area contributed by atoms with Crippen molar-refractivity contribution in [2.45, 2.75) is 52.9 Å². The average molecular weight is 218 g/mol. The van der Waals surface area contributed by atoms with Crippen LogP contribution in [0.25, 0.3) is 0 Å². The van der Waals surface area contributed by atoms with Crippen molar-refractivity contribution in [3.05, 3.63) is 35.9 Å². The van der Waals surface area contributed by atoms with E-state index < -0.39 is 0 Å². The number of benzene rings is 1. The van der Waals surface area contributed by atoms with E-state index in [0.29, 0.717) is 0 Å². The number of hydrogen-bond donors (Lipinski definition) is 0. The number of hydrogen-bond acceptors (Lipinski definition) is 0. The van der Waals surface area contributed by atoms with Gasteiger partial charge in [0.25, 0.3) is 0 Å². The molecule has 0 saturated heterocycles. The van der Waals surface area contributed by atoms with Gasteiger partial charge in [-0.1, -0.05) is 51.6 Å². The summed E-state index contributed by atoms with van der Waals surface area (Å²) in [5.74, 6) is 2.69. The van der Waals surface area contributed by atoms with Crippen molar-refractivity contribution in [2.75, 3.05) is 0 Å². The third-order valence-electron chi connectivity index (χ3n) is 3.99. The second-order valence-corrected chi connectivity index (χ2v) is 5.27. The lowest BCUT2D eigenvalue weighted by Crippen LogP contribution is -2.17. The van der Waals surface area contributed by atoms with E-state index in [1.54, 1.807) is 5.56 Å². The molecule has 1 aliphatic rings. The molecule has 0 bridgehead atoms. The van der Waals surface area contributed by atoms with E-state index in [-0.39, 0.29) is 7.43 Å². The van der Waals surface area contributed by atoms with Gasteiger partial charge in [-0.05, 0) is 49.0 Å². The van der Waals surface area contributed by atoms with Gasteiger partial charge in [-0.3, -0.25) is 0 Å². The van der Waals surface area contributed by atoms with Gasteiger partial charge in [0.2, 0.25) is 0 Å². The van der Waals surface area contributed by atoms with Gasteiger partial charge in [0, 0.05) is 0 Å². The van der Waals surface area contributed by atoms with Crippen molar-refractivity contribution in [1.29, 1.82) is 0 Å². The van der Waals surface area contributed by atoms with Crippen LogP contribution in [0.2, 0.25) is 0 Å². The molecule has 0 heterocycles. The molecule has 0 amide bonds. The minimum atomic E-state index is 0. The molecule has 0 aliphatic heterocycles. The Morgan fingerprint density at radius 1 is 0.938 bits per heavy atom. The molecule has 1 fully saturated rings. The van der Waals surface area contributed by atoms with Crippen LogP contribution in [-0.4, -0.2) is 0 Å². The van der Waals surface area contributed by atoms with E-state index in [0.717, 1.165) is 17.8 Å². The average Bonchev–Trinajstić information content (AvgIpc) is 2.30. The predicted molar refractivity (Wildman–Crippen MR) is 72.7 cm³/mol. The topological polar surface area (TPSA) is 0 Å². The standard InChI is InChI=1S/C15H22.CH4/c1-12(2)13-8-10-15(11-9-13)14-6-4-3-5-7-14;/h3-7,12-13,15H,8-11H2,1-2H3;1H4. The summed E-state index contributed by atoms with van der Waals surface area (Å²) in [5.41, 5.74) is 1.56. The highest BCUT2D eigenvalue weighted by molar-refractivity contribution is 5.19. The van der Waals surface area contributed by atoms with Crippen LogP contribution < -0.4 is 0 Å². The first-order valence-electron chi connectivity index (χ1n) is 6.32. The van der Waals surface area contributed by atoms with Crippen LogP contribution in [0.1, 0.15) is 58.4 Å². The highest BCUT2D eigenvalue weighted by Crippen LogP contribution is 2.38. The Morgan fingerprint density at radius 3 is 2.00 bits per heavy atom. The lowest BCUT2D eigenvalue weighted by atomic mass is 9.75. The van der Waals surface area contributed by atoms with E-state index in [9.17, 15) is 0 Å². The van der Waals surface area contributed by atoms with Crippen molar-refractivity contribution in [2.24, 2.45) is 11.8 Å². The normalized spacial score (nSPS) is 25.2. The molecule has 0 N–H and O–H groups in total. The first-order valence-corrected chi connectivity index (χ1v) is 6.32. The quantitative estimate of drug-likeness (QED) is 0.635. The van der Waals surface area contributed by atoms with Crippen LogP contribution in [0.15, 0.2) is 30.3 Å². The van der Waals surface area contributed by atoms with Gasteiger partial charge in [0.05, 0.1) is 0 Å². The summed E-state index contributed by atoms with van der Waals surface area (Å²) in [6.07, 6.45) is 5.65. The monoisotopic (exact) mass is 218 g/mol. The Kier molecular flexibility index (Phi) is 5.05. The van der Waals surface area contributed by atoms with Gasteiger partial charge in [0.1, 0.15) is 0 Å². The van der Waals surface area contributed by atoms with Crippen LogP contribution in [0.4, 0.5) is 0 Å². The minimum Gasteiger partial charge on any atom is -0.0776 e. The van der Waals surface area contributed by atoms with Gasteiger partial charge in [-0.15, -0.1) is 0 Å². The summed E-state index contributed by atoms with van der Waals surface area (Å²) in [6, 6.07) is 11.0. The molecule has 16 heavy (non-hydrogen) atoms. The maximum atomic E-state index is 2.37. The SMILES string of the molecule is C.CC(C)C1CCC(c2ccccc2)CC1. The summed E-state index contributed by atoms with van der Waals surface area (Å²) in [7, 11) is 0. The van der Waals surface area contributed by atoms with Crippen molar-refractivity contribution in [3.63, 3.8) is 0 Å². The van der Waals surface area contributed by atoms with Crippen molar-refractivity contribution in [1.82, 2.24) is 0 Å². The van der Waals surface area contributed by atoms with Gasteiger partial charge < -0.3 is 0 Å². The summed E-state index contributed by atoms with van der Waals surface area (Å²) in [5, 5.41) is 0. The van der Waals surface area contributed by atoms with Crippen LogP contribution in [0.5, 0.6) is 0 Å². The second kappa shape index (κ2) is 6.08. The van der Waals surface area contributed by atoms with Gasteiger partial charge in [-0.25, -0.2) is 0 Å². The first kappa shape index (κ1) is 13.3. The van der Waals surface area contributed by atoms with Crippen molar-refractivity contribution in [3.8, 4) is 0 Å². The maximum Gasteiger partial charge on any atom is -0.0162 e. The molecule has 0 atom stereocenters. The molecule has 0 heteroatoms. The lowest BCUT2D eigenvalue weighted by Gasteiger charge is -2.31. The second-order valence-electron chi connectivity index (χ2n) is 5.27. The Labute approximate surface area is 101 Å². The zero-order chi connectivity index (χ0) is 10.7. The van der Waals surface area contributed by atoms with E-state index in [1.807, 2.05) is 0 Å². The Bertz CT molecular complexity index is 278. The summed E-state index contributed by atoms with van der Waals surface area (Å²) < 4.78 is 0. The van der Waals surface area contributed by atoms with Gasteiger partial charge in [0.15, 0.2) is 0 Å². The third kappa shape index (κ3) is 3.10. The van der Waals surface area contributed by atoms with Crippen LogP contribution in [0, 0.1) is 11.8 Å². The first-order chi connectivity index (χ1) is 7.27. The summed E-state index contributed by atoms with van der Waals surface area (Å²) in [6.45, 7) is 4.74. The largest absolute Gasteiger partial charge is 0.0776 e. The number of rotatable bonds is 2. The Hall–Kier alpha value is -0.780. The minimum absolute atomic E-state index is 0. The van der Waals surface area contributed by atoms with Crippen LogP contribution in [0.3, 0.4) is 0 Å². The highest BCUT2D eigenvalue weighted by atomic mass is 14.3. The van der Waals surface area contributed by atoms with Crippen molar-refractivity contribution < 1.29 is 0 Å². The summed E-state index contributed by atoms with van der Waals surface area (Å²) in [4.78, 5) is 0. The maximum absolute atomic E-state index is 2.37. The molecule has 0 nitrogen and oxygen atoms in total. The molecule has 2 rings (SSSR count). The third-order valence-corrected chi connectivity index (χ3v) is 3.99. The zero-order valence-corrected chi connectivity index (χ0v) is 9.95. The molecule has 1 saturated carbocycles. The lowest BCUT2D eigenvalue weighted by molar-refractivity contribution is 0.259. The Balaban J connectivity index is 0.00000128. The fourth-order valence-corrected chi connectivity index (χ4v) is 2.84. The fraction of sp³-hybridized carbons (Fsp3) is 0.625. The zero-order valence-electron chi connectivity index (χ0n) is 9.95. The Morgan fingerprint density at radius 2 is 1.50 bits per heavy atom. The van der Waals surface area contributed by atoms with E-state index in [2.05, 4.69) is 44.2 Å². The van der Waals surface area contributed by atoms with E-state index in [1.165, 1.54) is 25.7 Å². The smallest absolute Gasteiger partial charge is 0.0162 e. The molecule has 1 aliphatic carbocycles. The molecule has 1 aromatic carbocycles. The molecule has 0 aromatic heterocycles. The molecule has 90 valence electrons. The van der Waals surface area contributed by atoms with Gasteiger partial charge in [-0.2, -0.15) is 0 Å². The van der Waals surface area contributed by atoms with Crippen LogP contribution in [-0.2, 0) is 0 Å². The van der Waals surface area contributed by atoms with Gasteiger partial charge >= 0.3 is 0 Å². The fourth-order valence-electron chi connectivity index (χ4n) is 2.84. The predicted octanol–water partition coefficient (Wildman–Crippen LogP) is 5.25. The van der Waals surface area contributed by atoms with Crippen LogP contribution >= 0.6 is 0 Å². The molecular formula is C16H26. The molecular weight excluding hydrogens is 192 g/mol. The molecule has 0 radical (unpaired) electrons. The molecule has 0 spiro atoms. The van der Waals surface area contributed by atoms with E-state index >= 15 is 0 Å².